The summed E-state index contributed by atoms with van der Waals surface area (Å²) in [5.74, 6) is 0.623. The minimum Gasteiger partial charge on any atom is -0.351 e. The first kappa shape index (κ1) is 14.9. The van der Waals surface area contributed by atoms with E-state index in [9.17, 15) is 4.79 Å². The number of H-pyrrole nitrogens is 1. The van der Waals surface area contributed by atoms with Crippen molar-refractivity contribution in [2.24, 2.45) is 11.7 Å². The molecule has 0 radical (unpaired) electrons. The largest absolute Gasteiger partial charge is 0.351 e. The van der Waals surface area contributed by atoms with Crippen LogP contribution < -0.4 is 5.73 Å². The average molecular weight is 297 g/mol. The lowest BCUT2D eigenvalue weighted by atomic mass is 9.91. The maximum atomic E-state index is 12.6. The van der Waals surface area contributed by atoms with E-state index in [1.807, 2.05) is 47.4 Å². The molecule has 1 unspecified atom stereocenters. The Labute approximate surface area is 131 Å². The van der Waals surface area contributed by atoms with Crippen LogP contribution in [0.25, 0.3) is 11.3 Å². The fourth-order valence-electron chi connectivity index (χ4n) is 3.10. The van der Waals surface area contributed by atoms with Gasteiger partial charge < -0.3 is 15.6 Å². The summed E-state index contributed by atoms with van der Waals surface area (Å²) >= 11 is 0. The number of nitrogens with zero attached hydrogens (tertiary/aromatic N) is 1. The predicted octanol–water partition coefficient (Wildman–Crippen LogP) is 2.88. The summed E-state index contributed by atoms with van der Waals surface area (Å²) in [7, 11) is 0. The second kappa shape index (κ2) is 6.36. The summed E-state index contributed by atoms with van der Waals surface area (Å²) in [5.41, 5.74) is 8.70. The number of amides is 1. The van der Waals surface area contributed by atoms with Crippen LogP contribution in [0.4, 0.5) is 0 Å². The van der Waals surface area contributed by atoms with E-state index in [1.54, 1.807) is 0 Å². The molecule has 2 heterocycles. The zero-order chi connectivity index (χ0) is 15.5. The van der Waals surface area contributed by atoms with Crippen LogP contribution in [0.5, 0.6) is 0 Å². The number of aromatic nitrogens is 1. The molecule has 2 aromatic rings. The maximum absolute atomic E-state index is 12.6. The van der Waals surface area contributed by atoms with E-state index in [0.717, 1.165) is 37.2 Å². The topological polar surface area (TPSA) is 62.1 Å². The van der Waals surface area contributed by atoms with Gasteiger partial charge in [0.15, 0.2) is 0 Å². The number of aromatic amines is 1. The van der Waals surface area contributed by atoms with Gasteiger partial charge in [-0.2, -0.15) is 0 Å². The Bertz CT molecular complexity index is 625. The van der Waals surface area contributed by atoms with Crippen molar-refractivity contribution in [1.29, 1.82) is 0 Å². The van der Waals surface area contributed by atoms with Crippen LogP contribution in [0, 0.1) is 5.92 Å². The van der Waals surface area contributed by atoms with Gasteiger partial charge in [-0.1, -0.05) is 30.3 Å². The Morgan fingerprint density at radius 3 is 2.50 bits per heavy atom. The molecular formula is C18H23N3O. The highest BCUT2D eigenvalue weighted by atomic mass is 16.2. The zero-order valence-electron chi connectivity index (χ0n) is 13.0. The highest BCUT2D eigenvalue weighted by molar-refractivity contribution is 5.93. The summed E-state index contributed by atoms with van der Waals surface area (Å²) < 4.78 is 0. The Morgan fingerprint density at radius 1 is 1.18 bits per heavy atom. The van der Waals surface area contributed by atoms with Crippen molar-refractivity contribution < 1.29 is 4.79 Å². The second-order valence-electron chi connectivity index (χ2n) is 6.14. The first-order valence-electron chi connectivity index (χ1n) is 7.94. The summed E-state index contributed by atoms with van der Waals surface area (Å²) in [4.78, 5) is 17.8. The van der Waals surface area contributed by atoms with Crippen LogP contribution in [0.1, 0.15) is 30.3 Å². The van der Waals surface area contributed by atoms with Gasteiger partial charge in [-0.05, 0) is 43.4 Å². The van der Waals surface area contributed by atoms with Crippen molar-refractivity contribution in [2.75, 3.05) is 13.1 Å². The summed E-state index contributed by atoms with van der Waals surface area (Å²) in [6.07, 6.45) is 1.99. The van der Waals surface area contributed by atoms with E-state index >= 15 is 0 Å². The lowest BCUT2D eigenvalue weighted by Gasteiger charge is -2.33. The molecule has 0 spiro atoms. The van der Waals surface area contributed by atoms with E-state index in [4.69, 9.17) is 5.73 Å². The third-order valence-corrected chi connectivity index (χ3v) is 4.57. The van der Waals surface area contributed by atoms with Gasteiger partial charge in [0, 0.05) is 24.8 Å². The number of hydrogen-bond donors (Lipinski definition) is 2. The molecule has 0 saturated carbocycles. The molecule has 4 nitrogen and oxygen atoms in total. The minimum absolute atomic E-state index is 0.0882. The molecule has 1 aromatic carbocycles. The third-order valence-electron chi connectivity index (χ3n) is 4.57. The standard InChI is InChI=1S/C18H23N3O/c1-13(19)14-9-11-21(12-10-14)18(22)17-8-7-16(20-17)15-5-3-2-4-6-15/h2-8,13-14,20H,9-12,19H2,1H3. The van der Waals surface area contributed by atoms with E-state index in [1.165, 1.54) is 0 Å². The molecule has 3 N–H and O–H groups in total. The molecule has 1 aliphatic rings. The monoisotopic (exact) mass is 297 g/mol. The Kier molecular flexibility index (Phi) is 4.29. The molecular weight excluding hydrogens is 274 g/mol. The number of benzene rings is 1. The van der Waals surface area contributed by atoms with Gasteiger partial charge in [0.1, 0.15) is 5.69 Å². The number of carbonyl (C=O) groups excluding carboxylic acids is 1. The quantitative estimate of drug-likeness (QED) is 0.915. The molecule has 1 amide bonds. The number of nitrogens with one attached hydrogen (secondary N) is 1. The van der Waals surface area contributed by atoms with Gasteiger partial charge in [0.05, 0.1) is 0 Å². The molecule has 22 heavy (non-hydrogen) atoms. The van der Waals surface area contributed by atoms with E-state index in [-0.39, 0.29) is 11.9 Å². The molecule has 1 aromatic heterocycles. The maximum Gasteiger partial charge on any atom is 0.270 e. The SMILES string of the molecule is CC(N)C1CCN(C(=O)c2ccc(-c3ccccc3)[nH]2)CC1. The van der Waals surface area contributed by atoms with Crippen molar-refractivity contribution in [3.8, 4) is 11.3 Å². The third kappa shape index (κ3) is 3.07. The highest BCUT2D eigenvalue weighted by Gasteiger charge is 2.26. The Balaban J connectivity index is 1.68. The van der Waals surface area contributed by atoms with E-state index < -0.39 is 0 Å². The van der Waals surface area contributed by atoms with Gasteiger partial charge in [-0.15, -0.1) is 0 Å². The first-order valence-corrected chi connectivity index (χ1v) is 7.94. The average Bonchev–Trinajstić information content (AvgIpc) is 3.05. The molecule has 1 saturated heterocycles. The van der Waals surface area contributed by atoms with Crippen molar-refractivity contribution in [2.45, 2.75) is 25.8 Å². The van der Waals surface area contributed by atoms with Crippen LogP contribution in [0.15, 0.2) is 42.5 Å². The van der Waals surface area contributed by atoms with E-state index in [0.29, 0.717) is 11.6 Å². The first-order chi connectivity index (χ1) is 10.6. The highest BCUT2D eigenvalue weighted by Crippen LogP contribution is 2.22. The van der Waals surface area contributed by atoms with Crippen LogP contribution >= 0.6 is 0 Å². The predicted molar refractivity (Wildman–Crippen MR) is 88.5 cm³/mol. The van der Waals surface area contributed by atoms with Gasteiger partial charge in [-0.25, -0.2) is 0 Å². The van der Waals surface area contributed by atoms with Crippen molar-refractivity contribution in [1.82, 2.24) is 9.88 Å². The molecule has 4 heteroatoms. The van der Waals surface area contributed by atoms with Crippen molar-refractivity contribution in [3.05, 3.63) is 48.2 Å². The van der Waals surface area contributed by atoms with Gasteiger partial charge in [0.25, 0.3) is 5.91 Å². The van der Waals surface area contributed by atoms with Gasteiger partial charge >= 0.3 is 0 Å². The molecule has 1 atom stereocenters. The van der Waals surface area contributed by atoms with Crippen LogP contribution in [-0.2, 0) is 0 Å². The Hall–Kier alpha value is -2.07. The van der Waals surface area contributed by atoms with Crippen molar-refractivity contribution >= 4 is 5.91 Å². The molecule has 3 rings (SSSR count). The summed E-state index contributed by atoms with van der Waals surface area (Å²) in [6.45, 7) is 3.65. The Morgan fingerprint density at radius 2 is 1.86 bits per heavy atom. The van der Waals surface area contributed by atoms with E-state index in [2.05, 4.69) is 11.9 Å². The number of nitrogens with two attached hydrogens (primary N) is 1. The fraction of sp³-hybridized carbons (Fsp3) is 0.389. The number of carbonyl (C=O) groups is 1. The molecule has 0 bridgehead atoms. The molecule has 0 aliphatic carbocycles. The van der Waals surface area contributed by atoms with Crippen LogP contribution in [0.2, 0.25) is 0 Å². The minimum atomic E-state index is 0.0882. The lowest BCUT2D eigenvalue weighted by Crippen LogP contribution is -2.42. The fourth-order valence-corrected chi connectivity index (χ4v) is 3.10. The summed E-state index contributed by atoms with van der Waals surface area (Å²) in [6, 6.07) is 14.1. The van der Waals surface area contributed by atoms with Crippen LogP contribution in [-0.4, -0.2) is 34.9 Å². The summed E-state index contributed by atoms with van der Waals surface area (Å²) in [5, 5.41) is 0. The zero-order valence-corrected chi connectivity index (χ0v) is 13.0. The number of hydrogen-bond acceptors (Lipinski definition) is 2. The number of piperidine rings is 1. The van der Waals surface area contributed by atoms with Gasteiger partial charge in [0.2, 0.25) is 0 Å². The lowest BCUT2D eigenvalue weighted by molar-refractivity contribution is 0.0676. The molecule has 116 valence electrons. The molecule has 1 aliphatic heterocycles. The van der Waals surface area contributed by atoms with Crippen molar-refractivity contribution in [3.63, 3.8) is 0 Å². The molecule has 1 fully saturated rings. The second-order valence-corrected chi connectivity index (χ2v) is 6.14. The number of likely N-dealkylation sites (tertiary alicyclic amines) is 1. The normalized spacial score (nSPS) is 17.5. The number of rotatable bonds is 3. The van der Waals surface area contributed by atoms with Gasteiger partial charge in [-0.3, -0.25) is 4.79 Å². The van der Waals surface area contributed by atoms with Crippen LogP contribution in [0.3, 0.4) is 0 Å². The smallest absolute Gasteiger partial charge is 0.270 e.